The number of hydrogen-bond acceptors (Lipinski definition) is 8. The monoisotopic (exact) mass is 645 g/mol. The lowest BCUT2D eigenvalue weighted by molar-refractivity contribution is -0.138. The summed E-state index contributed by atoms with van der Waals surface area (Å²) >= 11 is 3.42. The Morgan fingerprint density at radius 2 is 1.81 bits per heavy atom. The molecule has 1 aliphatic carbocycles. The SMILES string of the molecule is COc1ncc(-c2ccc3c(c2)c(C(C)=O)nn3CC(=O)N2C[C@@H](C)[C@@H](C)[C@H]2C(=O)Nc2nc(Br)ccc2C2CC2)cn1. The number of carbonyl (C=O) groups excluding carboxylic acids is 3. The maximum Gasteiger partial charge on any atom is 0.316 e. The molecule has 1 N–H and O–H groups in total. The Labute approximate surface area is 257 Å². The number of amides is 2. The lowest BCUT2D eigenvalue weighted by Crippen LogP contribution is -2.46. The Hall–Kier alpha value is -4.19. The van der Waals surface area contributed by atoms with Crippen molar-refractivity contribution < 1.29 is 19.1 Å². The van der Waals surface area contributed by atoms with Gasteiger partial charge in [-0.15, -0.1) is 0 Å². The van der Waals surface area contributed by atoms with Crippen LogP contribution in [0.15, 0.2) is 47.3 Å². The fraction of sp³-hybridized carbons (Fsp3) is 0.387. The molecule has 0 bridgehead atoms. The molecular weight excluding hydrogens is 614 g/mol. The molecule has 6 rings (SSSR count). The number of methoxy groups -OCH3 is 1. The molecule has 1 saturated carbocycles. The predicted octanol–water partition coefficient (Wildman–Crippen LogP) is 4.86. The van der Waals surface area contributed by atoms with Crippen molar-refractivity contribution in [2.45, 2.75) is 52.1 Å². The van der Waals surface area contributed by atoms with Crippen molar-refractivity contribution in [2.75, 3.05) is 19.0 Å². The van der Waals surface area contributed by atoms with Gasteiger partial charge in [0.05, 0.1) is 12.6 Å². The van der Waals surface area contributed by atoms with Crippen molar-refractivity contribution in [1.29, 1.82) is 0 Å². The van der Waals surface area contributed by atoms with Gasteiger partial charge in [-0.05, 0) is 75.9 Å². The highest BCUT2D eigenvalue weighted by atomic mass is 79.9. The molecule has 1 aliphatic heterocycles. The zero-order chi connectivity index (χ0) is 30.4. The second kappa shape index (κ2) is 11.5. The number of Topliss-reactive ketones (excluding diaryl/α,β-unsaturated/α-hetero) is 1. The van der Waals surface area contributed by atoms with Crippen molar-refractivity contribution in [3.8, 4) is 17.1 Å². The van der Waals surface area contributed by atoms with E-state index in [0.717, 1.165) is 29.5 Å². The summed E-state index contributed by atoms with van der Waals surface area (Å²) in [5.74, 6) is 0.296. The highest BCUT2D eigenvalue weighted by Crippen LogP contribution is 2.43. The molecule has 4 aromatic rings. The van der Waals surface area contributed by atoms with E-state index < -0.39 is 6.04 Å². The number of likely N-dealkylation sites (tertiary alicyclic amines) is 1. The van der Waals surface area contributed by atoms with Crippen LogP contribution in [-0.2, 0) is 16.1 Å². The van der Waals surface area contributed by atoms with E-state index in [2.05, 4.69) is 41.3 Å². The summed E-state index contributed by atoms with van der Waals surface area (Å²) in [4.78, 5) is 54.6. The lowest BCUT2D eigenvalue weighted by atomic mass is 9.93. The topological polar surface area (TPSA) is 132 Å². The average molecular weight is 647 g/mol. The number of nitrogens with zero attached hydrogens (tertiary/aromatic N) is 6. The summed E-state index contributed by atoms with van der Waals surface area (Å²) in [6.07, 6.45) is 5.44. The first-order valence-electron chi connectivity index (χ1n) is 14.3. The second-order valence-electron chi connectivity index (χ2n) is 11.4. The van der Waals surface area contributed by atoms with Gasteiger partial charge in [-0.3, -0.25) is 19.1 Å². The Kier molecular flexibility index (Phi) is 7.72. The average Bonchev–Trinajstić information content (AvgIpc) is 3.70. The molecule has 12 heteroatoms. The maximum atomic E-state index is 13.8. The minimum Gasteiger partial charge on any atom is -0.467 e. The molecule has 2 amide bonds. The van der Waals surface area contributed by atoms with Crippen LogP contribution in [0.1, 0.15) is 55.6 Å². The van der Waals surface area contributed by atoms with Gasteiger partial charge in [-0.1, -0.05) is 26.0 Å². The van der Waals surface area contributed by atoms with Gasteiger partial charge in [0.15, 0.2) is 5.78 Å². The lowest BCUT2D eigenvalue weighted by Gasteiger charge is -2.26. The number of fused-ring (bicyclic) bond motifs is 1. The van der Waals surface area contributed by atoms with E-state index >= 15 is 0 Å². The number of anilines is 1. The van der Waals surface area contributed by atoms with Gasteiger partial charge in [0.2, 0.25) is 11.8 Å². The summed E-state index contributed by atoms with van der Waals surface area (Å²) in [7, 11) is 1.50. The van der Waals surface area contributed by atoms with Crippen LogP contribution in [0.4, 0.5) is 5.82 Å². The van der Waals surface area contributed by atoms with Crippen LogP contribution in [-0.4, -0.2) is 66.9 Å². The quantitative estimate of drug-likeness (QED) is 0.212. The number of rotatable bonds is 8. The third kappa shape index (κ3) is 5.63. The number of ketones is 1. The van der Waals surface area contributed by atoms with Crippen LogP contribution < -0.4 is 10.1 Å². The number of carbonyl (C=O) groups is 3. The third-order valence-electron chi connectivity index (χ3n) is 8.47. The van der Waals surface area contributed by atoms with Crippen molar-refractivity contribution in [1.82, 2.24) is 29.6 Å². The fourth-order valence-corrected chi connectivity index (χ4v) is 6.12. The first-order chi connectivity index (χ1) is 20.6. The largest absolute Gasteiger partial charge is 0.467 e. The van der Waals surface area contributed by atoms with Gasteiger partial charge in [-0.25, -0.2) is 15.0 Å². The van der Waals surface area contributed by atoms with E-state index in [1.807, 2.05) is 44.2 Å². The Morgan fingerprint density at radius 3 is 2.49 bits per heavy atom. The summed E-state index contributed by atoms with van der Waals surface area (Å²) in [5, 5.41) is 8.20. The summed E-state index contributed by atoms with van der Waals surface area (Å²) in [6, 6.07) is 9.04. The first kappa shape index (κ1) is 28.9. The van der Waals surface area contributed by atoms with Crippen molar-refractivity contribution in [3.05, 3.63) is 58.6 Å². The zero-order valence-corrected chi connectivity index (χ0v) is 26.0. The molecule has 2 fully saturated rings. The molecule has 0 radical (unpaired) electrons. The standard InChI is InChI=1S/C31H32BrN7O4/c1-16-14-38(28(17(16)2)30(42)36-29-22(19-5-6-19)8-10-25(32)35-29)26(41)15-39-24-9-7-20(11-23(24)27(37-39)18(3)40)21-12-33-31(43-4)34-13-21/h7-13,16-17,19,28H,5-6,14-15H2,1-4H3,(H,35,36,42)/t16-,17-,28+/m1/s1. The number of hydrogen-bond donors (Lipinski definition) is 1. The number of nitrogens with one attached hydrogen (secondary N) is 1. The normalized spacial score (nSPS) is 19.9. The van der Waals surface area contributed by atoms with E-state index in [4.69, 9.17) is 4.74 Å². The van der Waals surface area contributed by atoms with E-state index in [1.54, 1.807) is 22.0 Å². The molecule has 1 saturated heterocycles. The fourth-order valence-electron chi connectivity index (χ4n) is 5.81. The predicted molar refractivity (Wildman–Crippen MR) is 164 cm³/mol. The van der Waals surface area contributed by atoms with E-state index in [-0.39, 0.29) is 47.7 Å². The number of halogens is 1. The van der Waals surface area contributed by atoms with Crippen LogP contribution in [0, 0.1) is 11.8 Å². The zero-order valence-electron chi connectivity index (χ0n) is 24.4. The molecule has 43 heavy (non-hydrogen) atoms. The molecule has 11 nitrogen and oxygen atoms in total. The van der Waals surface area contributed by atoms with Gasteiger partial charge in [0.25, 0.3) is 0 Å². The van der Waals surface area contributed by atoms with Crippen LogP contribution >= 0.6 is 15.9 Å². The number of ether oxygens (including phenoxy) is 1. The van der Waals surface area contributed by atoms with Crippen molar-refractivity contribution >= 4 is 50.2 Å². The Balaban J connectivity index is 1.27. The van der Waals surface area contributed by atoms with Crippen molar-refractivity contribution in [2.24, 2.45) is 11.8 Å². The van der Waals surface area contributed by atoms with E-state index in [1.165, 1.54) is 14.0 Å². The van der Waals surface area contributed by atoms with Crippen LogP contribution in [0.2, 0.25) is 0 Å². The minimum atomic E-state index is -0.661. The van der Waals surface area contributed by atoms with Crippen LogP contribution in [0.3, 0.4) is 0 Å². The highest BCUT2D eigenvalue weighted by molar-refractivity contribution is 9.10. The molecule has 4 heterocycles. The molecule has 222 valence electrons. The van der Waals surface area contributed by atoms with Crippen LogP contribution in [0.25, 0.3) is 22.0 Å². The minimum absolute atomic E-state index is 0.0584. The Morgan fingerprint density at radius 1 is 1.07 bits per heavy atom. The summed E-state index contributed by atoms with van der Waals surface area (Å²) in [6.45, 7) is 5.83. The van der Waals surface area contributed by atoms with E-state index in [9.17, 15) is 14.4 Å². The number of aromatic nitrogens is 5. The van der Waals surface area contributed by atoms with Gasteiger partial charge >= 0.3 is 6.01 Å². The van der Waals surface area contributed by atoms with Gasteiger partial charge in [0.1, 0.15) is 28.7 Å². The highest BCUT2D eigenvalue weighted by Gasteiger charge is 2.44. The second-order valence-corrected chi connectivity index (χ2v) is 12.2. The van der Waals surface area contributed by atoms with Crippen molar-refractivity contribution in [3.63, 3.8) is 0 Å². The molecular formula is C31H32BrN7O4. The third-order valence-corrected chi connectivity index (χ3v) is 8.91. The van der Waals surface area contributed by atoms with Gasteiger partial charge < -0.3 is 15.0 Å². The summed E-state index contributed by atoms with van der Waals surface area (Å²) in [5.41, 5.74) is 3.48. The van der Waals surface area contributed by atoms with Gasteiger partial charge in [0, 0.05) is 36.8 Å². The molecule has 3 aromatic heterocycles. The summed E-state index contributed by atoms with van der Waals surface area (Å²) < 4.78 is 7.24. The first-order valence-corrected chi connectivity index (χ1v) is 15.1. The van der Waals surface area contributed by atoms with Gasteiger partial charge in [-0.2, -0.15) is 5.10 Å². The smallest absolute Gasteiger partial charge is 0.316 e. The molecule has 0 spiro atoms. The molecule has 1 aromatic carbocycles. The molecule has 2 aliphatic rings. The van der Waals surface area contributed by atoms with E-state index in [0.29, 0.717) is 33.8 Å². The molecule has 0 unspecified atom stereocenters. The van der Waals surface area contributed by atoms with Crippen LogP contribution in [0.5, 0.6) is 6.01 Å². The number of benzene rings is 1. The molecule has 3 atom stereocenters. The number of pyridine rings is 1. The Bertz CT molecular complexity index is 1730. The maximum absolute atomic E-state index is 13.8.